The van der Waals surface area contributed by atoms with Gasteiger partial charge in [0.1, 0.15) is 5.58 Å². The molecule has 5 rings (SSSR count). The van der Waals surface area contributed by atoms with E-state index in [1.54, 1.807) is 0 Å². The normalized spacial score (nSPS) is 24.5. The predicted octanol–water partition coefficient (Wildman–Crippen LogP) is 4.70. The van der Waals surface area contributed by atoms with Crippen LogP contribution >= 0.6 is 0 Å². The van der Waals surface area contributed by atoms with E-state index in [2.05, 4.69) is 17.1 Å². The molecule has 0 radical (unpaired) electrons. The van der Waals surface area contributed by atoms with Crippen LogP contribution in [0.25, 0.3) is 11.0 Å². The summed E-state index contributed by atoms with van der Waals surface area (Å²) in [5.74, 6) is 1.16. The van der Waals surface area contributed by atoms with E-state index in [0.717, 1.165) is 80.9 Å². The quantitative estimate of drug-likeness (QED) is 0.726. The number of fused-ring (bicyclic) bond motifs is 1. The van der Waals surface area contributed by atoms with Crippen LogP contribution in [0.3, 0.4) is 0 Å². The highest BCUT2D eigenvalue weighted by Gasteiger charge is 2.35. The molecule has 3 heterocycles. The average molecular weight is 423 g/mol. The van der Waals surface area contributed by atoms with Gasteiger partial charge in [-0.15, -0.1) is 0 Å². The summed E-state index contributed by atoms with van der Waals surface area (Å²) in [6.07, 6.45) is 13.1. The standard InChI is InChI=1S/C26H34N2O3/c29-25(28-13-5-2-6-14-28)24-18-21-17-22(9-10-23(21)31-24)26(30)11-15-27(16-12-26)19-20-7-3-1-4-8-20/h1,3,9-10,17-18,20,30H,2,4-8,11-16,19H2. The van der Waals surface area contributed by atoms with E-state index in [1.807, 2.05) is 29.2 Å². The number of amides is 1. The van der Waals surface area contributed by atoms with Crippen molar-refractivity contribution in [2.24, 2.45) is 5.92 Å². The van der Waals surface area contributed by atoms with Gasteiger partial charge in [-0.25, -0.2) is 0 Å². The summed E-state index contributed by atoms with van der Waals surface area (Å²) in [5.41, 5.74) is 0.861. The molecule has 2 aromatic rings. The molecule has 1 N–H and O–H groups in total. The minimum Gasteiger partial charge on any atom is -0.451 e. The first-order valence-corrected chi connectivity index (χ1v) is 12.0. The zero-order chi connectivity index (χ0) is 21.3. The third-order valence-electron chi connectivity index (χ3n) is 7.48. The molecule has 2 saturated heterocycles. The van der Waals surface area contributed by atoms with E-state index in [4.69, 9.17) is 4.42 Å². The van der Waals surface area contributed by atoms with Gasteiger partial charge in [-0.05, 0) is 81.0 Å². The number of carbonyl (C=O) groups excluding carboxylic acids is 1. The second kappa shape index (κ2) is 8.79. The molecule has 166 valence electrons. The Balaban J connectivity index is 1.26. The number of aliphatic hydroxyl groups is 1. The lowest BCUT2D eigenvalue weighted by atomic mass is 9.83. The van der Waals surface area contributed by atoms with Gasteiger partial charge < -0.3 is 19.3 Å². The minimum absolute atomic E-state index is 0.0120. The molecule has 1 atom stereocenters. The first kappa shape index (κ1) is 20.8. The highest BCUT2D eigenvalue weighted by atomic mass is 16.3. The largest absolute Gasteiger partial charge is 0.451 e. The van der Waals surface area contributed by atoms with E-state index in [1.165, 1.54) is 25.7 Å². The van der Waals surface area contributed by atoms with E-state index in [0.29, 0.717) is 5.76 Å². The number of rotatable bonds is 4. The zero-order valence-electron chi connectivity index (χ0n) is 18.4. The van der Waals surface area contributed by atoms with E-state index in [-0.39, 0.29) is 5.91 Å². The molecule has 31 heavy (non-hydrogen) atoms. The number of piperidine rings is 2. The maximum Gasteiger partial charge on any atom is 0.289 e. The van der Waals surface area contributed by atoms with Crippen molar-refractivity contribution in [3.63, 3.8) is 0 Å². The van der Waals surface area contributed by atoms with Gasteiger partial charge in [0.25, 0.3) is 5.91 Å². The second-order valence-electron chi connectivity index (χ2n) is 9.70. The number of likely N-dealkylation sites (tertiary alicyclic amines) is 2. The fourth-order valence-corrected chi connectivity index (χ4v) is 5.47. The Morgan fingerprint density at radius 3 is 2.61 bits per heavy atom. The first-order chi connectivity index (χ1) is 15.1. The fourth-order valence-electron chi connectivity index (χ4n) is 5.47. The second-order valence-corrected chi connectivity index (χ2v) is 9.70. The predicted molar refractivity (Wildman–Crippen MR) is 122 cm³/mol. The lowest BCUT2D eigenvalue weighted by molar-refractivity contribution is -0.0289. The molecule has 0 saturated carbocycles. The van der Waals surface area contributed by atoms with Gasteiger partial charge in [0.05, 0.1) is 5.60 Å². The number of carbonyl (C=O) groups is 1. The summed E-state index contributed by atoms with van der Waals surface area (Å²) in [6.45, 7) is 4.63. The lowest BCUT2D eigenvalue weighted by Crippen LogP contribution is -2.44. The molecule has 1 unspecified atom stereocenters. The fraction of sp³-hybridized carbons (Fsp3) is 0.577. The van der Waals surface area contributed by atoms with E-state index < -0.39 is 5.60 Å². The molecule has 0 bridgehead atoms. The van der Waals surface area contributed by atoms with Gasteiger partial charge in [-0.2, -0.15) is 0 Å². The molecule has 1 aromatic heterocycles. The van der Waals surface area contributed by atoms with Crippen molar-refractivity contribution in [3.05, 3.63) is 47.7 Å². The molecule has 3 aliphatic rings. The summed E-state index contributed by atoms with van der Waals surface area (Å²) in [5, 5.41) is 12.3. The van der Waals surface area contributed by atoms with Gasteiger partial charge in [0, 0.05) is 38.1 Å². The van der Waals surface area contributed by atoms with E-state index >= 15 is 0 Å². The average Bonchev–Trinajstić information content (AvgIpc) is 3.25. The summed E-state index contributed by atoms with van der Waals surface area (Å²) in [4.78, 5) is 17.2. The minimum atomic E-state index is -0.800. The number of hydrogen-bond donors (Lipinski definition) is 1. The number of furan rings is 1. The van der Waals surface area contributed by atoms with E-state index in [9.17, 15) is 9.90 Å². The third-order valence-corrected chi connectivity index (χ3v) is 7.48. The molecule has 2 aliphatic heterocycles. The van der Waals surface area contributed by atoms with Crippen LogP contribution in [0.1, 0.15) is 67.5 Å². The van der Waals surface area contributed by atoms with Crippen molar-refractivity contribution in [2.75, 3.05) is 32.7 Å². The van der Waals surface area contributed by atoms with Gasteiger partial charge in [-0.1, -0.05) is 18.2 Å². The van der Waals surface area contributed by atoms with Crippen molar-refractivity contribution in [3.8, 4) is 0 Å². The monoisotopic (exact) mass is 422 g/mol. The Labute approximate surface area is 184 Å². The Morgan fingerprint density at radius 1 is 1.06 bits per heavy atom. The first-order valence-electron chi connectivity index (χ1n) is 12.0. The topological polar surface area (TPSA) is 56.9 Å². The van der Waals surface area contributed by atoms with Crippen molar-refractivity contribution < 1.29 is 14.3 Å². The number of nitrogens with zero attached hydrogens (tertiary/aromatic N) is 2. The molecule has 5 heteroatoms. The highest BCUT2D eigenvalue weighted by Crippen LogP contribution is 2.36. The zero-order valence-corrected chi connectivity index (χ0v) is 18.4. The van der Waals surface area contributed by atoms with Gasteiger partial charge in [0.15, 0.2) is 5.76 Å². The van der Waals surface area contributed by atoms with Crippen LogP contribution in [0.2, 0.25) is 0 Å². The summed E-state index contributed by atoms with van der Waals surface area (Å²) < 4.78 is 5.87. The van der Waals surface area contributed by atoms with Crippen LogP contribution in [0.5, 0.6) is 0 Å². The Bertz CT molecular complexity index is 949. The van der Waals surface area contributed by atoms with Crippen LogP contribution < -0.4 is 0 Å². The Hall–Kier alpha value is -2.11. The van der Waals surface area contributed by atoms with Crippen LogP contribution in [-0.4, -0.2) is 53.5 Å². The molecule has 1 amide bonds. The molecule has 5 nitrogen and oxygen atoms in total. The van der Waals surface area contributed by atoms with Crippen LogP contribution in [0, 0.1) is 5.92 Å². The summed E-state index contributed by atoms with van der Waals surface area (Å²) >= 11 is 0. The molecule has 1 aromatic carbocycles. The van der Waals surface area contributed by atoms with Crippen molar-refractivity contribution in [1.29, 1.82) is 0 Å². The SMILES string of the molecule is O=C(c1cc2cc(C3(O)CCN(CC4CC=CCC4)CC3)ccc2o1)N1CCCCC1. The molecule has 2 fully saturated rings. The molecular weight excluding hydrogens is 388 g/mol. The van der Waals surface area contributed by atoms with Crippen LogP contribution in [0.15, 0.2) is 40.8 Å². The Morgan fingerprint density at radius 2 is 1.87 bits per heavy atom. The van der Waals surface area contributed by atoms with Gasteiger partial charge >= 0.3 is 0 Å². The number of benzene rings is 1. The molecular formula is C26H34N2O3. The summed E-state index contributed by atoms with van der Waals surface area (Å²) in [7, 11) is 0. The highest BCUT2D eigenvalue weighted by molar-refractivity contribution is 5.96. The van der Waals surface area contributed by atoms with Crippen molar-refractivity contribution in [1.82, 2.24) is 9.80 Å². The number of allylic oxidation sites excluding steroid dienone is 2. The molecule has 0 spiro atoms. The lowest BCUT2D eigenvalue weighted by Gasteiger charge is -2.40. The van der Waals surface area contributed by atoms with Crippen LogP contribution in [0.4, 0.5) is 0 Å². The third kappa shape index (κ3) is 4.44. The maximum absolute atomic E-state index is 12.8. The molecule has 1 aliphatic carbocycles. The van der Waals surface area contributed by atoms with Gasteiger partial charge in [-0.3, -0.25) is 4.79 Å². The van der Waals surface area contributed by atoms with Crippen LogP contribution in [-0.2, 0) is 5.60 Å². The van der Waals surface area contributed by atoms with Crippen molar-refractivity contribution in [2.45, 2.75) is 57.0 Å². The van der Waals surface area contributed by atoms with Gasteiger partial charge in [0.2, 0.25) is 0 Å². The smallest absolute Gasteiger partial charge is 0.289 e. The summed E-state index contributed by atoms with van der Waals surface area (Å²) in [6, 6.07) is 7.76. The maximum atomic E-state index is 12.8. The Kier molecular flexibility index (Phi) is 5.89. The van der Waals surface area contributed by atoms with Crippen molar-refractivity contribution >= 4 is 16.9 Å². The number of hydrogen-bond acceptors (Lipinski definition) is 4.